The average molecular weight is 355 g/mol. The van der Waals surface area contributed by atoms with Crippen molar-refractivity contribution in [2.75, 3.05) is 5.32 Å². The van der Waals surface area contributed by atoms with Gasteiger partial charge in [0.2, 0.25) is 0 Å². The highest BCUT2D eigenvalue weighted by atomic mass is 19.1. The van der Waals surface area contributed by atoms with Gasteiger partial charge in [-0.25, -0.2) is 9.18 Å². The second-order valence-electron chi connectivity index (χ2n) is 7.21. The van der Waals surface area contributed by atoms with Crippen molar-refractivity contribution >= 4 is 17.3 Å². The molecule has 0 aromatic heterocycles. The lowest BCUT2D eigenvalue weighted by molar-refractivity contribution is 0.0698. The topological polar surface area (TPSA) is 49.3 Å². The van der Waals surface area contributed by atoms with E-state index in [1.807, 2.05) is 12.1 Å². The molecule has 0 bridgehead atoms. The lowest BCUT2D eigenvalue weighted by Gasteiger charge is -2.21. The van der Waals surface area contributed by atoms with E-state index in [1.165, 1.54) is 50.7 Å². The molecule has 0 heterocycles. The highest BCUT2D eigenvalue weighted by Gasteiger charge is 2.14. The van der Waals surface area contributed by atoms with Crippen molar-refractivity contribution in [1.29, 1.82) is 0 Å². The summed E-state index contributed by atoms with van der Waals surface area (Å²) < 4.78 is 13.1. The first-order valence-electron chi connectivity index (χ1n) is 9.50. The summed E-state index contributed by atoms with van der Waals surface area (Å²) in [6.07, 6.45) is 10.2. The Morgan fingerprint density at radius 3 is 2.50 bits per heavy atom. The second kappa shape index (κ2) is 8.84. The van der Waals surface area contributed by atoms with Gasteiger partial charge in [0, 0.05) is 5.69 Å². The summed E-state index contributed by atoms with van der Waals surface area (Å²) in [6, 6.07) is 11.4. The van der Waals surface area contributed by atoms with Gasteiger partial charge in [-0.15, -0.1) is 0 Å². The highest BCUT2D eigenvalue weighted by Crippen LogP contribution is 2.29. The van der Waals surface area contributed by atoms with Crippen LogP contribution in [0.3, 0.4) is 0 Å². The van der Waals surface area contributed by atoms with Gasteiger partial charge in [0.05, 0.1) is 11.3 Å². The molecule has 0 aliphatic heterocycles. The Bertz CT molecular complexity index is 736. The number of carboxylic acid groups (broad SMARTS) is 1. The van der Waals surface area contributed by atoms with Gasteiger partial charge < -0.3 is 10.4 Å². The predicted octanol–water partition coefficient (Wildman–Crippen LogP) is 6.17. The summed E-state index contributed by atoms with van der Waals surface area (Å²) >= 11 is 0. The number of carbonyl (C=O) groups is 1. The second-order valence-corrected chi connectivity index (χ2v) is 7.21. The number of hydrogen-bond acceptors (Lipinski definition) is 2. The van der Waals surface area contributed by atoms with Crippen LogP contribution in [-0.2, 0) is 6.42 Å². The maximum absolute atomic E-state index is 13.1. The van der Waals surface area contributed by atoms with Gasteiger partial charge >= 0.3 is 5.97 Å². The van der Waals surface area contributed by atoms with E-state index in [0.717, 1.165) is 24.3 Å². The van der Waals surface area contributed by atoms with Gasteiger partial charge in [0.1, 0.15) is 5.82 Å². The van der Waals surface area contributed by atoms with Crippen LogP contribution >= 0.6 is 0 Å². The Morgan fingerprint density at radius 1 is 1.08 bits per heavy atom. The van der Waals surface area contributed by atoms with Gasteiger partial charge in [-0.1, -0.05) is 44.6 Å². The summed E-state index contributed by atoms with van der Waals surface area (Å²) in [4.78, 5) is 11.5. The SMILES string of the molecule is O=C(O)c1ccc(CCCC2CCCCC2)cc1Nc1ccc(F)cc1. The zero-order chi connectivity index (χ0) is 18.4. The van der Waals surface area contributed by atoms with Gasteiger partial charge in [-0.3, -0.25) is 0 Å². The Kier molecular flexibility index (Phi) is 6.26. The maximum Gasteiger partial charge on any atom is 0.337 e. The summed E-state index contributed by atoms with van der Waals surface area (Å²) in [5.74, 6) is -0.423. The molecular weight excluding hydrogens is 329 g/mol. The molecular formula is C22H26FNO2. The third-order valence-corrected chi connectivity index (χ3v) is 5.24. The fraction of sp³-hybridized carbons (Fsp3) is 0.409. The Balaban J connectivity index is 1.67. The molecule has 0 unspecified atom stereocenters. The number of nitrogens with one attached hydrogen (secondary N) is 1. The molecule has 4 heteroatoms. The van der Waals surface area contributed by atoms with E-state index in [1.54, 1.807) is 18.2 Å². The van der Waals surface area contributed by atoms with Crippen LogP contribution in [0.1, 0.15) is 60.9 Å². The fourth-order valence-electron chi connectivity index (χ4n) is 3.80. The number of aryl methyl sites for hydroxylation is 1. The Labute approximate surface area is 154 Å². The minimum Gasteiger partial charge on any atom is -0.478 e. The Morgan fingerprint density at radius 2 is 1.81 bits per heavy atom. The fourth-order valence-corrected chi connectivity index (χ4v) is 3.80. The van der Waals surface area contributed by atoms with Crippen LogP contribution < -0.4 is 5.32 Å². The summed E-state index contributed by atoms with van der Waals surface area (Å²) in [7, 11) is 0. The van der Waals surface area contributed by atoms with E-state index in [9.17, 15) is 14.3 Å². The molecule has 26 heavy (non-hydrogen) atoms. The zero-order valence-electron chi connectivity index (χ0n) is 15.0. The van der Waals surface area contributed by atoms with Crippen LogP contribution in [0.25, 0.3) is 0 Å². The van der Waals surface area contributed by atoms with Crippen LogP contribution in [0.5, 0.6) is 0 Å². The molecule has 1 saturated carbocycles. The number of anilines is 2. The first-order valence-corrected chi connectivity index (χ1v) is 9.50. The number of hydrogen-bond donors (Lipinski definition) is 2. The first kappa shape index (κ1) is 18.4. The number of aromatic carboxylic acids is 1. The highest BCUT2D eigenvalue weighted by molar-refractivity contribution is 5.95. The van der Waals surface area contributed by atoms with Crippen molar-refractivity contribution in [3.05, 3.63) is 59.4 Å². The van der Waals surface area contributed by atoms with Crippen molar-refractivity contribution in [2.45, 2.75) is 51.4 Å². The predicted molar refractivity (Wildman–Crippen MR) is 103 cm³/mol. The van der Waals surface area contributed by atoms with Gasteiger partial charge in [-0.05, 0) is 60.7 Å². The van der Waals surface area contributed by atoms with Crippen molar-refractivity contribution in [3.8, 4) is 0 Å². The maximum atomic E-state index is 13.1. The molecule has 3 nitrogen and oxygen atoms in total. The first-order chi connectivity index (χ1) is 12.6. The van der Waals surface area contributed by atoms with E-state index in [0.29, 0.717) is 11.4 Å². The van der Waals surface area contributed by atoms with E-state index in [-0.39, 0.29) is 11.4 Å². The van der Waals surface area contributed by atoms with Crippen LogP contribution in [0.2, 0.25) is 0 Å². The molecule has 1 aliphatic carbocycles. The number of carboxylic acids is 1. The standard InChI is InChI=1S/C22H26FNO2/c23-18-10-12-19(13-11-18)24-21-15-17(9-14-20(21)22(25)26)8-4-7-16-5-2-1-3-6-16/h9-16,24H,1-8H2,(H,25,26). The molecule has 0 saturated heterocycles. The zero-order valence-corrected chi connectivity index (χ0v) is 15.0. The summed E-state index contributed by atoms with van der Waals surface area (Å²) in [5.41, 5.74) is 2.59. The third kappa shape index (κ3) is 5.07. The minimum atomic E-state index is -0.969. The number of halogens is 1. The normalized spacial score (nSPS) is 15.0. The van der Waals surface area contributed by atoms with E-state index >= 15 is 0 Å². The van der Waals surface area contributed by atoms with Crippen molar-refractivity contribution in [1.82, 2.24) is 0 Å². The van der Waals surface area contributed by atoms with Gasteiger partial charge in [0.15, 0.2) is 0 Å². The van der Waals surface area contributed by atoms with Gasteiger partial charge in [-0.2, -0.15) is 0 Å². The molecule has 138 valence electrons. The van der Waals surface area contributed by atoms with Crippen LogP contribution in [0.15, 0.2) is 42.5 Å². The molecule has 0 atom stereocenters. The average Bonchev–Trinajstić information content (AvgIpc) is 2.64. The number of benzene rings is 2. The van der Waals surface area contributed by atoms with E-state index < -0.39 is 5.97 Å². The molecule has 0 amide bonds. The molecule has 0 radical (unpaired) electrons. The molecule has 1 fully saturated rings. The third-order valence-electron chi connectivity index (χ3n) is 5.24. The quantitative estimate of drug-likeness (QED) is 0.624. The van der Waals surface area contributed by atoms with Gasteiger partial charge in [0.25, 0.3) is 0 Å². The molecule has 0 spiro atoms. The molecule has 2 aromatic carbocycles. The van der Waals surface area contributed by atoms with E-state index in [2.05, 4.69) is 5.32 Å². The summed E-state index contributed by atoms with van der Waals surface area (Å²) in [5, 5.41) is 12.5. The Hall–Kier alpha value is -2.36. The van der Waals surface area contributed by atoms with E-state index in [4.69, 9.17) is 0 Å². The van der Waals surface area contributed by atoms with Crippen molar-refractivity contribution < 1.29 is 14.3 Å². The van der Waals surface area contributed by atoms with Crippen LogP contribution in [-0.4, -0.2) is 11.1 Å². The van der Waals surface area contributed by atoms with Crippen molar-refractivity contribution in [2.24, 2.45) is 5.92 Å². The molecule has 2 aromatic rings. The molecule has 2 N–H and O–H groups in total. The van der Waals surface area contributed by atoms with Crippen LogP contribution in [0, 0.1) is 11.7 Å². The smallest absolute Gasteiger partial charge is 0.337 e. The molecule has 3 rings (SSSR count). The summed E-state index contributed by atoms with van der Waals surface area (Å²) in [6.45, 7) is 0. The lowest BCUT2D eigenvalue weighted by atomic mass is 9.85. The van der Waals surface area contributed by atoms with Crippen molar-refractivity contribution in [3.63, 3.8) is 0 Å². The molecule has 1 aliphatic rings. The van der Waals surface area contributed by atoms with Crippen LogP contribution in [0.4, 0.5) is 15.8 Å². The number of rotatable bonds is 7. The lowest BCUT2D eigenvalue weighted by Crippen LogP contribution is -2.07. The monoisotopic (exact) mass is 355 g/mol. The minimum absolute atomic E-state index is 0.227. The largest absolute Gasteiger partial charge is 0.478 e.